The van der Waals surface area contributed by atoms with Gasteiger partial charge in [0.05, 0.1) is 13.7 Å². The summed E-state index contributed by atoms with van der Waals surface area (Å²) >= 11 is 0. The second kappa shape index (κ2) is 6.86. The molecule has 1 amide bonds. The highest BCUT2D eigenvalue weighted by molar-refractivity contribution is 5.94. The average molecular weight is 252 g/mol. The van der Waals surface area contributed by atoms with Crippen LogP contribution in [0.2, 0.25) is 0 Å². The molecule has 0 aliphatic carbocycles. The molecule has 5 nitrogen and oxygen atoms in total. The van der Waals surface area contributed by atoms with Crippen molar-refractivity contribution in [2.45, 2.75) is 6.42 Å². The minimum Gasteiger partial charge on any atom is -0.493 e. The number of benzene rings is 1. The summed E-state index contributed by atoms with van der Waals surface area (Å²) < 4.78 is 10.8. The number of ether oxygens (including phenoxy) is 2. The van der Waals surface area contributed by atoms with Gasteiger partial charge in [-0.2, -0.15) is 0 Å². The normalized spacial score (nSPS) is 10.0. The summed E-state index contributed by atoms with van der Waals surface area (Å²) in [6, 6.07) is 5.15. The summed E-state index contributed by atoms with van der Waals surface area (Å²) in [6.45, 7) is 1.12. The van der Waals surface area contributed by atoms with E-state index in [1.165, 1.54) is 4.90 Å². The third kappa shape index (κ3) is 3.63. The molecule has 2 N–H and O–H groups in total. The van der Waals surface area contributed by atoms with Gasteiger partial charge in [0.1, 0.15) is 0 Å². The zero-order chi connectivity index (χ0) is 13.5. The summed E-state index contributed by atoms with van der Waals surface area (Å²) in [7, 11) is 4.97. The van der Waals surface area contributed by atoms with Gasteiger partial charge >= 0.3 is 0 Å². The summed E-state index contributed by atoms with van der Waals surface area (Å²) in [5, 5.41) is 0. The highest BCUT2D eigenvalue weighted by Crippen LogP contribution is 2.28. The Morgan fingerprint density at radius 2 is 2.06 bits per heavy atom. The molecule has 100 valence electrons. The fourth-order valence-corrected chi connectivity index (χ4v) is 1.44. The minimum absolute atomic E-state index is 0.0678. The molecule has 0 aromatic heterocycles. The van der Waals surface area contributed by atoms with Crippen LogP contribution in [0.4, 0.5) is 0 Å². The molecular weight excluding hydrogens is 232 g/mol. The summed E-state index contributed by atoms with van der Waals surface area (Å²) in [5.74, 6) is 1.11. The molecule has 0 spiro atoms. The van der Waals surface area contributed by atoms with E-state index in [9.17, 15) is 4.79 Å². The lowest BCUT2D eigenvalue weighted by molar-refractivity contribution is 0.0827. The fourth-order valence-electron chi connectivity index (χ4n) is 1.44. The highest BCUT2D eigenvalue weighted by atomic mass is 16.5. The third-order valence-corrected chi connectivity index (χ3v) is 2.42. The highest BCUT2D eigenvalue weighted by Gasteiger charge is 2.12. The van der Waals surface area contributed by atoms with E-state index < -0.39 is 0 Å². The smallest absolute Gasteiger partial charge is 0.253 e. The Bertz CT molecular complexity index is 405. The van der Waals surface area contributed by atoms with Gasteiger partial charge in [-0.05, 0) is 31.2 Å². The van der Waals surface area contributed by atoms with Gasteiger partial charge in [-0.15, -0.1) is 0 Å². The van der Waals surface area contributed by atoms with E-state index >= 15 is 0 Å². The van der Waals surface area contributed by atoms with Crippen molar-refractivity contribution in [3.63, 3.8) is 0 Å². The van der Waals surface area contributed by atoms with Crippen molar-refractivity contribution >= 4 is 5.91 Å². The molecule has 5 heteroatoms. The maximum absolute atomic E-state index is 11.8. The zero-order valence-electron chi connectivity index (χ0n) is 11.1. The molecule has 0 heterocycles. The lowest BCUT2D eigenvalue weighted by Gasteiger charge is -2.14. The fraction of sp³-hybridized carbons (Fsp3) is 0.462. The molecule has 0 aliphatic heterocycles. The first-order valence-corrected chi connectivity index (χ1v) is 5.82. The van der Waals surface area contributed by atoms with E-state index in [4.69, 9.17) is 15.2 Å². The van der Waals surface area contributed by atoms with Crippen LogP contribution in [0.25, 0.3) is 0 Å². The minimum atomic E-state index is -0.0678. The molecule has 0 atom stereocenters. The second-order valence-corrected chi connectivity index (χ2v) is 4.06. The lowest BCUT2D eigenvalue weighted by Crippen LogP contribution is -2.21. The number of nitrogens with two attached hydrogens (primary N) is 1. The SMILES string of the molecule is COc1cc(C(=O)N(C)C)ccc1OCCCN. The van der Waals surface area contributed by atoms with Crippen LogP contribution in [0.1, 0.15) is 16.8 Å². The zero-order valence-corrected chi connectivity index (χ0v) is 11.1. The van der Waals surface area contributed by atoms with E-state index in [-0.39, 0.29) is 5.91 Å². The quantitative estimate of drug-likeness (QED) is 0.771. The number of hydrogen-bond acceptors (Lipinski definition) is 4. The molecule has 0 saturated heterocycles. The number of rotatable bonds is 6. The Hall–Kier alpha value is -1.75. The Balaban J connectivity index is 2.86. The van der Waals surface area contributed by atoms with Gasteiger partial charge in [0.2, 0.25) is 0 Å². The molecule has 18 heavy (non-hydrogen) atoms. The van der Waals surface area contributed by atoms with Gasteiger partial charge in [-0.25, -0.2) is 0 Å². The lowest BCUT2D eigenvalue weighted by atomic mass is 10.2. The van der Waals surface area contributed by atoms with Gasteiger partial charge in [0.25, 0.3) is 5.91 Å². The van der Waals surface area contributed by atoms with Crippen LogP contribution in [-0.4, -0.2) is 45.2 Å². The molecule has 0 radical (unpaired) electrons. The first kappa shape index (κ1) is 14.3. The van der Waals surface area contributed by atoms with Crippen molar-refractivity contribution in [2.24, 2.45) is 5.73 Å². The van der Waals surface area contributed by atoms with Crippen molar-refractivity contribution in [1.29, 1.82) is 0 Å². The predicted molar refractivity (Wildman–Crippen MR) is 70.2 cm³/mol. The largest absolute Gasteiger partial charge is 0.493 e. The van der Waals surface area contributed by atoms with Crippen LogP contribution < -0.4 is 15.2 Å². The van der Waals surface area contributed by atoms with Gasteiger partial charge in [-0.1, -0.05) is 0 Å². The summed E-state index contributed by atoms with van der Waals surface area (Å²) in [6.07, 6.45) is 0.779. The van der Waals surface area contributed by atoms with Crippen LogP contribution in [0.3, 0.4) is 0 Å². The van der Waals surface area contributed by atoms with E-state index in [0.717, 1.165) is 6.42 Å². The standard InChI is InChI=1S/C13H20N2O3/c1-15(2)13(16)10-5-6-11(12(9-10)17-3)18-8-4-7-14/h5-6,9H,4,7-8,14H2,1-3H3. The maximum Gasteiger partial charge on any atom is 0.253 e. The number of hydrogen-bond donors (Lipinski definition) is 1. The van der Waals surface area contributed by atoms with Crippen molar-refractivity contribution in [2.75, 3.05) is 34.4 Å². The van der Waals surface area contributed by atoms with E-state index in [0.29, 0.717) is 30.2 Å². The van der Waals surface area contributed by atoms with Crippen molar-refractivity contribution < 1.29 is 14.3 Å². The van der Waals surface area contributed by atoms with Crippen molar-refractivity contribution in [1.82, 2.24) is 4.90 Å². The Morgan fingerprint density at radius 3 is 2.61 bits per heavy atom. The molecule has 0 fully saturated rings. The number of carbonyl (C=O) groups excluding carboxylic acids is 1. The maximum atomic E-state index is 11.8. The van der Waals surface area contributed by atoms with Gasteiger partial charge in [-0.3, -0.25) is 4.79 Å². The number of amides is 1. The topological polar surface area (TPSA) is 64.8 Å². The van der Waals surface area contributed by atoms with Crippen LogP contribution >= 0.6 is 0 Å². The van der Waals surface area contributed by atoms with Crippen LogP contribution in [0.15, 0.2) is 18.2 Å². The van der Waals surface area contributed by atoms with E-state index in [2.05, 4.69) is 0 Å². The second-order valence-electron chi connectivity index (χ2n) is 4.06. The van der Waals surface area contributed by atoms with Gasteiger partial charge in [0, 0.05) is 19.7 Å². The Kier molecular flexibility index (Phi) is 5.45. The van der Waals surface area contributed by atoms with Crippen LogP contribution in [0.5, 0.6) is 11.5 Å². The Morgan fingerprint density at radius 1 is 1.33 bits per heavy atom. The average Bonchev–Trinajstić information content (AvgIpc) is 2.38. The first-order chi connectivity index (χ1) is 8.60. The monoisotopic (exact) mass is 252 g/mol. The molecule has 1 aromatic carbocycles. The molecule has 0 unspecified atom stereocenters. The third-order valence-electron chi connectivity index (χ3n) is 2.42. The summed E-state index contributed by atoms with van der Waals surface area (Å²) in [5.41, 5.74) is 5.97. The Labute approximate surface area is 107 Å². The summed E-state index contributed by atoms with van der Waals surface area (Å²) in [4.78, 5) is 13.3. The van der Waals surface area contributed by atoms with Gasteiger partial charge < -0.3 is 20.1 Å². The molecule has 0 aliphatic rings. The molecule has 1 rings (SSSR count). The van der Waals surface area contributed by atoms with E-state index in [1.54, 1.807) is 39.4 Å². The number of nitrogens with zero attached hydrogens (tertiary/aromatic N) is 1. The molecule has 0 saturated carbocycles. The number of carbonyl (C=O) groups is 1. The number of methoxy groups -OCH3 is 1. The van der Waals surface area contributed by atoms with Crippen molar-refractivity contribution in [3.05, 3.63) is 23.8 Å². The van der Waals surface area contributed by atoms with Crippen molar-refractivity contribution in [3.8, 4) is 11.5 Å². The van der Waals surface area contributed by atoms with E-state index in [1.807, 2.05) is 0 Å². The molecule has 1 aromatic rings. The first-order valence-electron chi connectivity index (χ1n) is 5.82. The van der Waals surface area contributed by atoms with Gasteiger partial charge in [0.15, 0.2) is 11.5 Å². The molecular formula is C13H20N2O3. The van der Waals surface area contributed by atoms with Crippen LogP contribution in [-0.2, 0) is 0 Å². The molecule has 0 bridgehead atoms. The van der Waals surface area contributed by atoms with Crippen LogP contribution in [0, 0.1) is 0 Å². The predicted octanol–water partition coefficient (Wildman–Crippen LogP) is 1.12.